The second-order valence-electron chi connectivity index (χ2n) is 5.87. The zero-order chi connectivity index (χ0) is 16.3. The van der Waals surface area contributed by atoms with Gasteiger partial charge in [0.25, 0.3) is 0 Å². The molecule has 0 heterocycles. The minimum atomic E-state index is -0.660. The van der Waals surface area contributed by atoms with Gasteiger partial charge in [-0.1, -0.05) is 18.2 Å². The largest absolute Gasteiger partial charge is 0.505 e. The molecule has 2 aromatic rings. The van der Waals surface area contributed by atoms with Gasteiger partial charge in [0.1, 0.15) is 5.60 Å². The van der Waals surface area contributed by atoms with Gasteiger partial charge in [0.2, 0.25) is 0 Å². The van der Waals surface area contributed by atoms with Crippen molar-refractivity contribution < 1.29 is 19.0 Å². The number of aromatic hydroxyl groups is 1. The van der Waals surface area contributed by atoms with Crippen LogP contribution < -0.4 is 5.32 Å². The molecule has 0 unspecified atom stereocenters. The Morgan fingerprint density at radius 3 is 2.23 bits per heavy atom. The molecule has 0 fully saturated rings. The maximum absolute atomic E-state index is 13.0. The maximum Gasteiger partial charge on any atom is 0.412 e. The normalized spacial score (nSPS) is 11.1. The molecule has 2 aromatic carbocycles. The Hall–Kier alpha value is -2.56. The molecule has 4 nitrogen and oxygen atoms in total. The van der Waals surface area contributed by atoms with Crippen molar-refractivity contribution in [2.24, 2.45) is 0 Å². The third kappa shape index (κ3) is 4.22. The third-order valence-corrected chi connectivity index (χ3v) is 2.81. The summed E-state index contributed by atoms with van der Waals surface area (Å²) >= 11 is 0. The van der Waals surface area contributed by atoms with E-state index in [0.717, 1.165) is 5.56 Å². The number of carbonyl (C=O) groups excluding carboxylic acids is 1. The van der Waals surface area contributed by atoms with Crippen molar-refractivity contribution in [3.8, 4) is 16.9 Å². The van der Waals surface area contributed by atoms with Gasteiger partial charge in [0, 0.05) is 5.69 Å². The summed E-state index contributed by atoms with van der Waals surface area (Å²) in [5.74, 6) is -1.06. The van der Waals surface area contributed by atoms with E-state index < -0.39 is 23.3 Å². The van der Waals surface area contributed by atoms with E-state index >= 15 is 0 Å². The summed E-state index contributed by atoms with van der Waals surface area (Å²) < 4.78 is 18.2. The van der Waals surface area contributed by atoms with Gasteiger partial charge in [-0.3, -0.25) is 5.32 Å². The summed E-state index contributed by atoms with van der Waals surface area (Å²) in [6.07, 6.45) is -0.528. The van der Waals surface area contributed by atoms with E-state index in [2.05, 4.69) is 5.32 Å². The smallest absolute Gasteiger partial charge is 0.412 e. The highest BCUT2D eigenvalue weighted by Crippen LogP contribution is 2.26. The van der Waals surface area contributed by atoms with E-state index in [0.29, 0.717) is 11.3 Å². The van der Waals surface area contributed by atoms with Crippen LogP contribution in [0, 0.1) is 5.82 Å². The van der Waals surface area contributed by atoms with Gasteiger partial charge in [-0.15, -0.1) is 0 Å². The number of ether oxygens (including phenoxy) is 1. The van der Waals surface area contributed by atoms with Crippen molar-refractivity contribution in [1.29, 1.82) is 0 Å². The molecule has 2 N–H and O–H groups in total. The predicted octanol–water partition coefficient (Wildman–Crippen LogP) is 4.55. The Bertz CT molecular complexity index is 675. The van der Waals surface area contributed by atoms with Crippen LogP contribution in [0.2, 0.25) is 0 Å². The maximum atomic E-state index is 13.0. The number of hydrogen-bond donors (Lipinski definition) is 2. The zero-order valence-corrected chi connectivity index (χ0v) is 12.7. The standard InChI is InChI=1S/C17H18FNO3/c1-17(2,3)22-16(21)19-13-7-4-11(5-8-13)12-6-9-14(18)15(20)10-12/h4-10,20H,1-3H3,(H,19,21). The highest BCUT2D eigenvalue weighted by Gasteiger charge is 2.16. The molecule has 0 aliphatic rings. The van der Waals surface area contributed by atoms with Crippen LogP contribution in [0.15, 0.2) is 42.5 Å². The van der Waals surface area contributed by atoms with Gasteiger partial charge in [0.05, 0.1) is 0 Å². The Morgan fingerprint density at radius 1 is 1.09 bits per heavy atom. The molecule has 0 bridgehead atoms. The minimum Gasteiger partial charge on any atom is -0.505 e. The Labute approximate surface area is 128 Å². The molecule has 0 aliphatic heterocycles. The molecule has 2 rings (SSSR count). The first-order valence-corrected chi connectivity index (χ1v) is 6.83. The van der Waals surface area contributed by atoms with Gasteiger partial charge in [-0.25, -0.2) is 9.18 Å². The monoisotopic (exact) mass is 303 g/mol. The lowest BCUT2D eigenvalue weighted by Gasteiger charge is -2.19. The fourth-order valence-corrected chi connectivity index (χ4v) is 1.86. The van der Waals surface area contributed by atoms with E-state index in [9.17, 15) is 14.3 Å². The number of carbonyl (C=O) groups is 1. The first-order valence-electron chi connectivity index (χ1n) is 6.83. The van der Waals surface area contributed by atoms with Crippen LogP contribution in [0.1, 0.15) is 20.8 Å². The highest BCUT2D eigenvalue weighted by molar-refractivity contribution is 5.85. The molecule has 0 atom stereocenters. The van der Waals surface area contributed by atoms with Gasteiger partial charge >= 0.3 is 6.09 Å². The average molecular weight is 303 g/mol. The summed E-state index contributed by atoms with van der Waals surface area (Å²) in [7, 11) is 0. The summed E-state index contributed by atoms with van der Waals surface area (Å²) in [5, 5.41) is 12.0. The molecular formula is C17H18FNO3. The number of phenols is 1. The van der Waals surface area contributed by atoms with Crippen molar-refractivity contribution in [1.82, 2.24) is 0 Å². The van der Waals surface area contributed by atoms with Crippen molar-refractivity contribution in [3.63, 3.8) is 0 Å². The number of anilines is 1. The SMILES string of the molecule is CC(C)(C)OC(=O)Nc1ccc(-c2ccc(F)c(O)c2)cc1. The molecule has 116 valence electrons. The lowest BCUT2D eigenvalue weighted by atomic mass is 10.1. The molecule has 5 heteroatoms. The van der Waals surface area contributed by atoms with Gasteiger partial charge in [-0.2, -0.15) is 0 Å². The first-order chi connectivity index (χ1) is 10.2. The van der Waals surface area contributed by atoms with Gasteiger partial charge in [0.15, 0.2) is 11.6 Å². The van der Waals surface area contributed by atoms with Crippen LogP contribution in [0.3, 0.4) is 0 Å². The van der Waals surface area contributed by atoms with Crippen LogP contribution in [0.4, 0.5) is 14.9 Å². The first kappa shape index (κ1) is 15.8. The van der Waals surface area contributed by atoms with E-state index in [1.54, 1.807) is 51.1 Å². The van der Waals surface area contributed by atoms with Crippen molar-refractivity contribution in [2.45, 2.75) is 26.4 Å². The predicted molar refractivity (Wildman–Crippen MR) is 83.4 cm³/mol. The molecule has 0 aliphatic carbocycles. The lowest BCUT2D eigenvalue weighted by molar-refractivity contribution is 0.0636. The average Bonchev–Trinajstić information content (AvgIpc) is 2.40. The highest BCUT2D eigenvalue weighted by atomic mass is 19.1. The van der Waals surface area contributed by atoms with Gasteiger partial charge in [-0.05, 0) is 56.2 Å². The molecule has 0 saturated carbocycles. The fourth-order valence-electron chi connectivity index (χ4n) is 1.86. The van der Waals surface area contributed by atoms with Crippen molar-refractivity contribution in [2.75, 3.05) is 5.32 Å². The van der Waals surface area contributed by atoms with Crippen molar-refractivity contribution >= 4 is 11.8 Å². The summed E-state index contributed by atoms with van der Waals surface area (Å²) in [6, 6.07) is 11.1. The number of phenolic OH excluding ortho intramolecular Hbond substituents is 1. The van der Waals surface area contributed by atoms with Gasteiger partial charge < -0.3 is 9.84 Å². The molecular weight excluding hydrogens is 285 g/mol. The van der Waals surface area contributed by atoms with E-state index in [1.165, 1.54) is 12.1 Å². The zero-order valence-electron chi connectivity index (χ0n) is 12.7. The number of amides is 1. The molecule has 0 aromatic heterocycles. The molecule has 1 amide bonds. The van der Waals surface area contributed by atoms with Crippen molar-refractivity contribution in [3.05, 3.63) is 48.3 Å². The molecule has 0 radical (unpaired) electrons. The fraction of sp³-hybridized carbons (Fsp3) is 0.235. The van der Waals surface area contributed by atoms with Crippen LogP contribution in [0.25, 0.3) is 11.1 Å². The second kappa shape index (κ2) is 6.05. The van der Waals surface area contributed by atoms with Crippen LogP contribution in [-0.4, -0.2) is 16.8 Å². The number of nitrogens with one attached hydrogen (secondary N) is 1. The van der Waals surface area contributed by atoms with Crippen LogP contribution in [0.5, 0.6) is 5.75 Å². The lowest BCUT2D eigenvalue weighted by Crippen LogP contribution is -2.27. The Morgan fingerprint density at radius 2 is 1.68 bits per heavy atom. The quantitative estimate of drug-likeness (QED) is 0.856. The number of benzene rings is 2. The number of halogens is 1. The molecule has 22 heavy (non-hydrogen) atoms. The van der Waals surface area contributed by atoms with E-state index in [-0.39, 0.29) is 0 Å². The number of hydrogen-bond acceptors (Lipinski definition) is 3. The van der Waals surface area contributed by atoms with E-state index in [1.807, 2.05) is 0 Å². The molecule has 0 spiro atoms. The number of rotatable bonds is 2. The minimum absolute atomic E-state index is 0.395. The summed E-state index contributed by atoms with van der Waals surface area (Å²) in [5.41, 5.74) is 1.51. The summed E-state index contributed by atoms with van der Waals surface area (Å²) in [4.78, 5) is 11.7. The topological polar surface area (TPSA) is 58.6 Å². The molecule has 0 saturated heterocycles. The van der Waals surface area contributed by atoms with Crippen LogP contribution >= 0.6 is 0 Å². The van der Waals surface area contributed by atoms with E-state index in [4.69, 9.17) is 4.74 Å². The Balaban J connectivity index is 2.10. The second-order valence-corrected chi connectivity index (χ2v) is 5.87. The summed E-state index contributed by atoms with van der Waals surface area (Å²) in [6.45, 7) is 5.37. The van der Waals surface area contributed by atoms with Crippen LogP contribution in [-0.2, 0) is 4.74 Å². The Kier molecular flexibility index (Phi) is 4.35. The third-order valence-electron chi connectivity index (χ3n) is 2.81.